The summed E-state index contributed by atoms with van der Waals surface area (Å²) in [5.41, 5.74) is 2.65. The highest BCUT2D eigenvalue weighted by atomic mass is 32.2. The second-order valence-electron chi connectivity index (χ2n) is 5.52. The smallest absolute Gasteiger partial charge is 0.255 e. The van der Waals surface area contributed by atoms with Crippen LogP contribution in [0.4, 0.5) is 8.78 Å². The molecule has 1 aliphatic heterocycles. The number of hydrogen-bond acceptors (Lipinski definition) is 4. The van der Waals surface area contributed by atoms with Crippen LogP contribution in [0, 0.1) is 25.2 Å². The van der Waals surface area contributed by atoms with Gasteiger partial charge in [0.25, 0.3) is 0 Å². The van der Waals surface area contributed by atoms with Crippen molar-refractivity contribution in [3.05, 3.63) is 41.5 Å². The Morgan fingerprint density at radius 2 is 2.12 bits per heavy atom. The first-order valence-electron chi connectivity index (χ1n) is 7.27. The third-order valence-corrected chi connectivity index (χ3v) is 5.04. The van der Waals surface area contributed by atoms with Gasteiger partial charge in [-0.15, -0.1) is 0 Å². The molecule has 4 nitrogen and oxygen atoms in total. The Labute approximate surface area is 142 Å². The third-order valence-electron chi connectivity index (χ3n) is 3.71. The molecular weight excluding hydrogens is 332 g/mol. The van der Waals surface area contributed by atoms with Crippen LogP contribution in [0.5, 0.6) is 0 Å². The van der Waals surface area contributed by atoms with Gasteiger partial charge in [-0.1, -0.05) is 12.6 Å². The molecule has 0 saturated carbocycles. The first-order chi connectivity index (χ1) is 11.3. The number of benzene rings is 1. The number of aliphatic imine (C=N–C) groups is 2. The topological polar surface area (TPSA) is 65.6 Å². The number of nitrogens with zero attached hydrogens (tertiary/aromatic N) is 3. The van der Waals surface area contributed by atoms with Gasteiger partial charge in [-0.05, 0) is 42.7 Å². The monoisotopic (exact) mass is 349 g/mol. The quantitative estimate of drug-likeness (QED) is 0.741. The van der Waals surface area contributed by atoms with Crippen molar-refractivity contribution in [1.82, 2.24) is 0 Å². The minimum absolute atomic E-state index is 0.0813. The van der Waals surface area contributed by atoms with Crippen LogP contribution in [0.2, 0.25) is 0 Å². The Bertz CT molecular complexity index is 794. The van der Waals surface area contributed by atoms with Gasteiger partial charge in [-0.2, -0.15) is 14.0 Å². The number of nitriles is 1. The second-order valence-corrected chi connectivity index (χ2v) is 6.94. The highest BCUT2D eigenvalue weighted by Crippen LogP contribution is 2.24. The van der Waals surface area contributed by atoms with Crippen molar-refractivity contribution in [3.8, 4) is 6.07 Å². The molecular formula is C17H17F2N3OS. The van der Waals surface area contributed by atoms with Gasteiger partial charge in [0, 0.05) is 17.5 Å². The molecule has 0 spiro atoms. The van der Waals surface area contributed by atoms with Gasteiger partial charge >= 0.3 is 5.92 Å². The summed E-state index contributed by atoms with van der Waals surface area (Å²) in [6.45, 7) is 6.82. The van der Waals surface area contributed by atoms with Gasteiger partial charge in [0.1, 0.15) is 5.75 Å². The summed E-state index contributed by atoms with van der Waals surface area (Å²) in [6, 6.07) is 5.05. The van der Waals surface area contributed by atoms with Crippen molar-refractivity contribution in [1.29, 1.82) is 5.26 Å². The van der Waals surface area contributed by atoms with E-state index in [0.717, 1.165) is 16.7 Å². The Morgan fingerprint density at radius 3 is 2.75 bits per heavy atom. The van der Waals surface area contributed by atoms with Crippen LogP contribution in [-0.4, -0.2) is 34.0 Å². The van der Waals surface area contributed by atoms with E-state index in [9.17, 15) is 13.0 Å². The van der Waals surface area contributed by atoms with E-state index >= 15 is 0 Å². The summed E-state index contributed by atoms with van der Waals surface area (Å²) in [5, 5.41) is 8.71. The van der Waals surface area contributed by atoms with Crippen molar-refractivity contribution in [2.24, 2.45) is 9.98 Å². The zero-order valence-electron chi connectivity index (χ0n) is 13.4. The minimum atomic E-state index is -3.24. The molecule has 1 aromatic rings. The van der Waals surface area contributed by atoms with Gasteiger partial charge in [0.15, 0.2) is 5.84 Å². The van der Waals surface area contributed by atoms with Gasteiger partial charge < -0.3 is 0 Å². The SMILES string of the molecule is C=CC(F)(F)C1=NC(Cc2cc(S(=O)CC#N)c(C)cc2C)C=N1. The molecule has 1 aliphatic rings. The first kappa shape index (κ1) is 18.1. The van der Waals surface area contributed by atoms with E-state index in [1.807, 2.05) is 26.0 Å². The molecule has 0 amide bonds. The molecule has 2 rings (SSSR count). The normalized spacial score (nSPS) is 18.1. The van der Waals surface area contributed by atoms with Crippen LogP contribution in [0.1, 0.15) is 16.7 Å². The van der Waals surface area contributed by atoms with Crippen LogP contribution in [0.3, 0.4) is 0 Å². The molecule has 0 aromatic heterocycles. The lowest BCUT2D eigenvalue weighted by atomic mass is 10.00. The van der Waals surface area contributed by atoms with E-state index in [-0.39, 0.29) is 5.75 Å². The summed E-state index contributed by atoms with van der Waals surface area (Å²) >= 11 is 0. The fourth-order valence-electron chi connectivity index (χ4n) is 2.44. The number of amidine groups is 1. The predicted octanol–water partition coefficient (Wildman–Crippen LogP) is 3.15. The van der Waals surface area contributed by atoms with Crippen molar-refractivity contribution in [2.75, 3.05) is 5.75 Å². The maximum Gasteiger partial charge on any atom is 0.324 e. The van der Waals surface area contributed by atoms with Crippen molar-refractivity contribution >= 4 is 22.8 Å². The number of halogens is 2. The summed E-state index contributed by atoms with van der Waals surface area (Å²) < 4.78 is 39.2. The maximum absolute atomic E-state index is 13.5. The molecule has 1 heterocycles. The fourth-order valence-corrected chi connectivity index (χ4v) is 3.41. The average Bonchev–Trinajstić information content (AvgIpc) is 2.99. The van der Waals surface area contributed by atoms with Crippen molar-refractivity contribution in [3.63, 3.8) is 0 Å². The van der Waals surface area contributed by atoms with Crippen LogP contribution in [0.15, 0.2) is 39.7 Å². The van der Waals surface area contributed by atoms with Gasteiger partial charge in [-0.3, -0.25) is 9.20 Å². The van der Waals surface area contributed by atoms with E-state index in [2.05, 4.69) is 16.6 Å². The fraction of sp³-hybridized carbons (Fsp3) is 0.353. The van der Waals surface area contributed by atoms with E-state index < -0.39 is 28.6 Å². The molecule has 1 aromatic carbocycles. The lowest BCUT2D eigenvalue weighted by Crippen LogP contribution is -2.23. The largest absolute Gasteiger partial charge is 0.324 e. The number of rotatable bonds is 6. The maximum atomic E-state index is 13.5. The van der Waals surface area contributed by atoms with Gasteiger partial charge in [-0.25, -0.2) is 4.99 Å². The van der Waals surface area contributed by atoms with Crippen LogP contribution in [0.25, 0.3) is 0 Å². The molecule has 7 heteroatoms. The van der Waals surface area contributed by atoms with Gasteiger partial charge in [0.2, 0.25) is 0 Å². The van der Waals surface area contributed by atoms with E-state index in [1.54, 1.807) is 6.07 Å². The number of aryl methyl sites for hydroxylation is 2. The van der Waals surface area contributed by atoms with E-state index in [0.29, 0.717) is 17.4 Å². The van der Waals surface area contributed by atoms with Crippen molar-refractivity contribution < 1.29 is 13.0 Å². The summed E-state index contributed by atoms with van der Waals surface area (Å²) in [5.74, 6) is -3.87. The second kappa shape index (κ2) is 7.14. The number of hydrogen-bond donors (Lipinski definition) is 0. The van der Waals surface area contributed by atoms with Crippen LogP contribution >= 0.6 is 0 Å². The highest BCUT2D eigenvalue weighted by Gasteiger charge is 2.35. The molecule has 2 atom stereocenters. The molecule has 0 aliphatic carbocycles. The van der Waals surface area contributed by atoms with Gasteiger partial charge in [0.05, 0.1) is 22.9 Å². The average molecular weight is 349 g/mol. The molecule has 0 radical (unpaired) electrons. The van der Waals surface area contributed by atoms with E-state index in [1.165, 1.54) is 6.21 Å². The molecule has 0 bridgehead atoms. The molecule has 24 heavy (non-hydrogen) atoms. The zero-order chi connectivity index (χ0) is 17.9. The Kier molecular flexibility index (Phi) is 5.40. The Hall–Kier alpha value is -2.20. The minimum Gasteiger partial charge on any atom is -0.255 e. The van der Waals surface area contributed by atoms with Crippen molar-refractivity contribution in [2.45, 2.75) is 37.1 Å². The summed E-state index contributed by atoms with van der Waals surface area (Å²) in [6.07, 6.45) is 2.28. The standard InChI is InChI=1S/C17H17F2N3OS/c1-4-17(18,19)16-21-10-14(22-16)8-13-9-15(24(23)6-5-20)12(3)7-11(13)2/h4,7,9-10,14H,1,6,8H2,2-3H3. The molecule has 0 saturated heterocycles. The molecule has 0 fully saturated rings. The summed E-state index contributed by atoms with van der Waals surface area (Å²) in [4.78, 5) is 8.23. The lowest BCUT2D eigenvalue weighted by Gasteiger charge is -2.13. The first-order valence-corrected chi connectivity index (χ1v) is 8.59. The molecule has 126 valence electrons. The summed E-state index contributed by atoms with van der Waals surface area (Å²) in [7, 11) is -1.40. The Balaban J connectivity index is 2.27. The van der Waals surface area contributed by atoms with Crippen LogP contribution in [-0.2, 0) is 17.2 Å². The van der Waals surface area contributed by atoms with Crippen LogP contribution < -0.4 is 0 Å². The molecule has 0 N–H and O–H groups in total. The predicted molar refractivity (Wildman–Crippen MR) is 91.4 cm³/mol. The lowest BCUT2D eigenvalue weighted by molar-refractivity contribution is 0.133. The zero-order valence-corrected chi connectivity index (χ0v) is 14.2. The Morgan fingerprint density at radius 1 is 1.42 bits per heavy atom. The highest BCUT2D eigenvalue weighted by molar-refractivity contribution is 7.85. The number of alkyl halides is 2. The van der Waals surface area contributed by atoms with E-state index in [4.69, 9.17) is 5.26 Å². The third kappa shape index (κ3) is 3.82. The molecule has 2 unspecified atom stereocenters.